The van der Waals surface area contributed by atoms with Crippen molar-refractivity contribution in [2.24, 2.45) is 0 Å². The second kappa shape index (κ2) is 8.72. The van der Waals surface area contributed by atoms with Gasteiger partial charge in [0.25, 0.3) is 0 Å². The molecule has 2 saturated heterocycles. The summed E-state index contributed by atoms with van der Waals surface area (Å²) in [7, 11) is 0. The van der Waals surface area contributed by atoms with Crippen LogP contribution >= 0.6 is 0 Å². The first-order valence-corrected chi connectivity index (χ1v) is 12.0. The average Bonchev–Trinajstić information content (AvgIpc) is 3.22. The van der Waals surface area contributed by atoms with E-state index in [1.165, 1.54) is 0 Å². The Labute approximate surface area is 211 Å². The van der Waals surface area contributed by atoms with Crippen LogP contribution in [0.3, 0.4) is 0 Å². The predicted octanol–water partition coefficient (Wildman–Crippen LogP) is 3.97. The fourth-order valence-electron chi connectivity index (χ4n) is 5.05. The quantitative estimate of drug-likeness (QED) is 0.512. The minimum absolute atomic E-state index is 0.0190. The molecule has 3 aromatic carbocycles. The molecule has 4 aliphatic rings. The Hall–Kier alpha value is -3.75. The minimum Gasteiger partial charge on any atom is -0.486 e. The first kappa shape index (κ1) is 19.4. The van der Waals surface area contributed by atoms with Crippen molar-refractivity contribution >= 4 is 5.97 Å². The van der Waals surface area contributed by atoms with Crippen LogP contribution in [0.4, 0.5) is 0 Å². The van der Waals surface area contributed by atoms with Gasteiger partial charge in [0.2, 0.25) is 0 Å². The van der Waals surface area contributed by atoms with Crippen molar-refractivity contribution in [3.63, 3.8) is 0 Å². The van der Waals surface area contributed by atoms with Gasteiger partial charge >= 0.3 is 5.97 Å². The molecule has 0 radical (unpaired) electrons. The number of benzene rings is 3. The molecule has 4 atom stereocenters. The number of fused-ring (bicyclic) bond motifs is 3. The van der Waals surface area contributed by atoms with Crippen LogP contribution in [0.2, 0.25) is 0 Å². The molecule has 4 heterocycles. The minimum atomic E-state index is -1.99. The molecule has 8 heteroatoms. The molecule has 8 nitrogen and oxygen atoms in total. The molecule has 0 N–H and O–H groups in total. The molecule has 7 rings (SSSR count). The van der Waals surface area contributed by atoms with E-state index in [2.05, 4.69) is 0 Å². The molecule has 0 bridgehead atoms. The zero-order valence-electron chi connectivity index (χ0n) is 21.3. The summed E-state index contributed by atoms with van der Waals surface area (Å²) >= 11 is 0. The highest BCUT2D eigenvalue weighted by Gasteiger charge is 2.54. The van der Waals surface area contributed by atoms with Gasteiger partial charge in [-0.2, -0.15) is 0 Å². The van der Waals surface area contributed by atoms with Crippen molar-refractivity contribution in [1.29, 1.82) is 0 Å². The number of carbonyl (C=O) groups is 1. The Bertz CT molecular complexity index is 1410. The highest BCUT2D eigenvalue weighted by molar-refractivity contribution is 5.78. The Balaban J connectivity index is 1.40. The first-order chi connectivity index (χ1) is 18.5. The second-order valence-electron chi connectivity index (χ2n) is 8.85. The molecule has 3 aromatic rings. The number of hydrogen-bond acceptors (Lipinski definition) is 8. The van der Waals surface area contributed by atoms with Gasteiger partial charge in [-0.1, -0.05) is 42.5 Å². The van der Waals surface area contributed by atoms with E-state index in [0.29, 0.717) is 60.6 Å². The molecule has 0 unspecified atom stereocenters. The Kier molecular flexibility index (Phi) is 4.71. The molecule has 184 valence electrons. The van der Waals surface area contributed by atoms with E-state index in [9.17, 15) is 7.54 Å². The number of nitrogens with zero attached hydrogens (tertiary/aromatic N) is 1. The van der Waals surface area contributed by atoms with E-state index in [1.54, 1.807) is 41.3 Å². The number of morpholine rings is 1. The molecule has 0 saturated carbocycles. The average molecular weight is 490 g/mol. The lowest BCUT2D eigenvalue weighted by Gasteiger charge is -2.39. The molecular formula is C28H25NO7. The fraction of sp³-hybridized carbons (Fsp3) is 0.321. The molecule has 0 aromatic heterocycles. The second-order valence-corrected chi connectivity index (χ2v) is 8.85. The van der Waals surface area contributed by atoms with Gasteiger partial charge in [0.05, 0.1) is 8.78 Å². The van der Waals surface area contributed by atoms with Crippen LogP contribution in [0, 0.1) is 0 Å². The lowest BCUT2D eigenvalue weighted by molar-refractivity contribution is -0.163. The predicted molar refractivity (Wildman–Crippen MR) is 127 cm³/mol. The highest BCUT2D eigenvalue weighted by atomic mass is 16.6. The highest BCUT2D eigenvalue weighted by Crippen LogP contribution is 2.51. The molecule has 36 heavy (non-hydrogen) atoms. The van der Waals surface area contributed by atoms with Crippen molar-refractivity contribution in [1.82, 2.24) is 4.90 Å². The molecule has 0 amide bonds. The summed E-state index contributed by atoms with van der Waals surface area (Å²) in [6.07, 6.45) is -3.93. The summed E-state index contributed by atoms with van der Waals surface area (Å²) in [5.74, 6) is 1.43. The maximum Gasteiger partial charge on any atom is 0.326 e. The smallest absolute Gasteiger partial charge is 0.326 e. The summed E-state index contributed by atoms with van der Waals surface area (Å²) in [6.45, 7) is 1.63. The Morgan fingerprint density at radius 1 is 0.694 bits per heavy atom. The van der Waals surface area contributed by atoms with Gasteiger partial charge in [-0.05, 0) is 41.0 Å². The number of ether oxygens (including phenoxy) is 6. The monoisotopic (exact) mass is 489 g/mol. The van der Waals surface area contributed by atoms with Gasteiger partial charge in [0.15, 0.2) is 23.0 Å². The van der Waals surface area contributed by atoms with Gasteiger partial charge in [-0.3, -0.25) is 4.79 Å². The third-order valence-electron chi connectivity index (χ3n) is 6.71. The number of hydrogen-bond donors (Lipinski definition) is 0. The van der Waals surface area contributed by atoms with Crippen LogP contribution in [0.5, 0.6) is 23.0 Å². The third-order valence-corrected chi connectivity index (χ3v) is 6.71. The van der Waals surface area contributed by atoms with Crippen molar-refractivity contribution in [3.8, 4) is 23.0 Å². The standard InChI is InChI=1S/C28H25NO7/c30-28-25-26(18-6-8-21-23(14-18)33-12-10-31-21)36-27(19-7-9-22-24(15-19)34-13-11-32-22)29(25)20(16-35-28)17-4-2-1-3-5-17/h1-9,14-15,20,25-27H,10-13,16H2/t20-,25+,26-,27+/m1/s1/i26D,27D. The molecule has 2 fully saturated rings. The SMILES string of the molecule is [2H][C@@]1(c2ccc3c(c2)OCCO3)O[C@]([2H])(c2ccc3c(c2)OCCO3)[C@H]2C(=O)OC[C@H](c3ccccc3)N21. The first-order valence-electron chi connectivity index (χ1n) is 13.0. The van der Waals surface area contributed by atoms with Crippen LogP contribution < -0.4 is 18.9 Å². The van der Waals surface area contributed by atoms with Gasteiger partial charge < -0.3 is 28.4 Å². The van der Waals surface area contributed by atoms with Crippen molar-refractivity contribution in [2.45, 2.75) is 24.4 Å². The van der Waals surface area contributed by atoms with Crippen molar-refractivity contribution in [3.05, 3.63) is 83.4 Å². The summed E-state index contributed by atoms with van der Waals surface area (Å²) in [6, 6.07) is 17.9. The zero-order chi connectivity index (χ0) is 25.9. The van der Waals surface area contributed by atoms with Gasteiger partial charge in [0.1, 0.15) is 51.4 Å². The Morgan fingerprint density at radius 3 is 2.00 bits per heavy atom. The van der Waals surface area contributed by atoms with Crippen LogP contribution in [0.15, 0.2) is 66.7 Å². The summed E-state index contributed by atoms with van der Waals surface area (Å²) in [5.41, 5.74) is 1.61. The number of cyclic esters (lactones) is 1. The van der Waals surface area contributed by atoms with E-state index in [-0.39, 0.29) is 6.61 Å². The van der Waals surface area contributed by atoms with Crippen LogP contribution in [-0.2, 0) is 14.3 Å². The normalized spacial score (nSPS) is 31.6. The van der Waals surface area contributed by atoms with Crippen molar-refractivity contribution < 1.29 is 36.0 Å². The van der Waals surface area contributed by atoms with Crippen LogP contribution in [0.25, 0.3) is 0 Å². The molecule has 0 aliphatic carbocycles. The maximum atomic E-state index is 13.4. The molecule has 4 aliphatic heterocycles. The van der Waals surface area contributed by atoms with Gasteiger partial charge in [-0.25, -0.2) is 4.90 Å². The number of carbonyl (C=O) groups excluding carboxylic acids is 1. The molecule has 0 spiro atoms. The third kappa shape index (κ3) is 3.56. The van der Waals surface area contributed by atoms with E-state index < -0.39 is 30.3 Å². The zero-order valence-corrected chi connectivity index (χ0v) is 19.3. The van der Waals surface area contributed by atoms with E-state index in [4.69, 9.17) is 28.4 Å². The van der Waals surface area contributed by atoms with E-state index in [0.717, 1.165) is 5.56 Å². The van der Waals surface area contributed by atoms with E-state index >= 15 is 0 Å². The lowest BCUT2D eigenvalue weighted by atomic mass is 9.96. The number of esters is 1. The summed E-state index contributed by atoms with van der Waals surface area (Å²) in [4.78, 5) is 15.1. The van der Waals surface area contributed by atoms with Gasteiger partial charge in [0, 0.05) is 0 Å². The van der Waals surface area contributed by atoms with Crippen LogP contribution in [0.1, 0.15) is 37.8 Å². The van der Waals surface area contributed by atoms with Crippen molar-refractivity contribution in [2.75, 3.05) is 33.0 Å². The summed E-state index contributed by atoms with van der Waals surface area (Å²) in [5, 5.41) is 0. The topological polar surface area (TPSA) is 75.7 Å². The largest absolute Gasteiger partial charge is 0.486 e. The number of rotatable bonds is 3. The van der Waals surface area contributed by atoms with Crippen LogP contribution in [-0.4, -0.2) is 49.9 Å². The lowest BCUT2D eigenvalue weighted by Crippen LogP contribution is -2.49. The van der Waals surface area contributed by atoms with E-state index in [1.807, 2.05) is 30.3 Å². The summed E-state index contributed by atoms with van der Waals surface area (Å²) < 4.78 is 54.3. The Morgan fingerprint density at radius 2 is 1.31 bits per heavy atom. The molecular weight excluding hydrogens is 462 g/mol. The maximum absolute atomic E-state index is 13.4. The fourth-order valence-corrected chi connectivity index (χ4v) is 5.05. The van der Waals surface area contributed by atoms with Gasteiger partial charge in [-0.15, -0.1) is 0 Å².